The molecule has 4 nitrogen and oxygen atoms in total. The summed E-state index contributed by atoms with van der Waals surface area (Å²) in [6.45, 7) is 5.13. The highest BCUT2D eigenvalue weighted by Gasteiger charge is 2.28. The maximum atomic E-state index is 12.4. The van der Waals surface area contributed by atoms with Gasteiger partial charge >= 0.3 is 0 Å². The Hall–Kier alpha value is -0.970. The zero-order chi connectivity index (χ0) is 14.8. The van der Waals surface area contributed by atoms with Crippen LogP contribution >= 0.6 is 11.8 Å². The lowest BCUT2D eigenvalue weighted by Gasteiger charge is -2.21. The van der Waals surface area contributed by atoms with E-state index < -0.39 is 0 Å². The Labute approximate surface area is 130 Å². The van der Waals surface area contributed by atoms with E-state index in [9.17, 15) is 4.79 Å². The third-order valence-electron chi connectivity index (χ3n) is 4.51. The summed E-state index contributed by atoms with van der Waals surface area (Å²) in [6.07, 6.45) is 5.22. The lowest BCUT2D eigenvalue weighted by molar-refractivity contribution is -0.125. The van der Waals surface area contributed by atoms with E-state index in [1.165, 1.54) is 30.0 Å². The molecule has 0 unspecified atom stereocenters. The van der Waals surface area contributed by atoms with Crippen LogP contribution in [0.1, 0.15) is 56.2 Å². The first-order chi connectivity index (χ1) is 10.1. The van der Waals surface area contributed by atoms with Gasteiger partial charge in [-0.15, -0.1) is 0 Å². The van der Waals surface area contributed by atoms with Crippen molar-refractivity contribution in [2.75, 3.05) is 12.3 Å². The van der Waals surface area contributed by atoms with E-state index in [0.717, 1.165) is 31.6 Å². The second-order valence-corrected chi connectivity index (χ2v) is 7.93. The predicted octanol–water partition coefficient (Wildman–Crippen LogP) is 2.65. The maximum Gasteiger partial charge on any atom is 0.223 e. The van der Waals surface area contributed by atoms with E-state index in [-0.39, 0.29) is 11.8 Å². The van der Waals surface area contributed by atoms with Gasteiger partial charge in [0.05, 0.1) is 5.69 Å². The molecule has 1 saturated heterocycles. The number of nitrogens with zero attached hydrogens (tertiary/aromatic N) is 1. The summed E-state index contributed by atoms with van der Waals surface area (Å²) in [5, 5.41) is 3.79. The highest BCUT2D eigenvalue weighted by molar-refractivity contribution is 8.00. The van der Waals surface area contributed by atoms with Crippen molar-refractivity contribution < 1.29 is 4.79 Å². The molecule has 1 aromatic heterocycles. The van der Waals surface area contributed by atoms with Gasteiger partial charge in [0.1, 0.15) is 5.82 Å². The largest absolute Gasteiger partial charge is 0.355 e. The van der Waals surface area contributed by atoms with Crippen LogP contribution < -0.4 is 5.32 Å². The van der Waals surface area contributed by atoms with Gasteiger partial charge in [0, 0.05) is 35.7 Å². The van der Waals surface area contributed by atoms with Crippen LogP contribution in [0, 0.1) is 5.92 Å². The van der Waals surface area contributed by atoms with Gasteiger partial charge in [-0.25, -0.2) is 4.98 Å². The Morgan fingerprint density at radius 3 is 3.05 bits per heavy atom. The number of amides is 1. The molecule has 1 fully saturated rings. The Morgan fingerprint density at radius 2 is 2.33 bits per heavy atom. The number of H-pyrrole nitrogens is 1. The fraction of sp³-hybridized carbons (Fsp3) is 0.750. The average molecular weight is 307 g/mol. The molecule has 2 aliphatic rings. The van der Waals surface area contributed by atoms with Crippen molar-refractivity contribution in [3.05, 3.63) is 17.2 Å². The summed E-state index contributed by atoms with van der Waals surface area (Å²) in [4.78, 5) is 20.4. The number of rotatable bonds is 4. The van der Waals surface area contributed by atoms with Crippen LogP contribution in [-0.2, 0) is 17.6 Å². The Balaban J connectivity index is 1.56. The van der Waals surface area contributed by atoms with Gasteiger partial charge in [0.15, 0.2) is 0 Å². The molecule has 1 aliphatic heterocycles. The average Bonchev–Trinajstić information content (AvgIpc) is 3.12. The number of imidazole rings is 1. The highest BCUT2D eigenvalue weighted by Crippen LogP contribution is 2.27. The Bertz CT molecular complexity index is 506. The van der Waals surface area contributed by atoms with Crippen LogP contribution in [0.15, 0.2) is 0 Å². The number of nitrogens with one attached hydrogen (secondary N) is 2. The molecule has 0 bridgehead atoms. The van der Waals surface area contributed by atoms with E-state index in [2.05, 4.69) is 29.1 Å². The van der Waals surface area contributed by atoms with E-state index >= 15 is 0 Å². The number of aromatic amines is 1. The van der Waals surface area contributed by atoms with Gasteiger partial charge in [-0.1, -0.05) is 13.8 Å². The normalized spacial score (nSPS) is 25.1. The van der Waals surface area contributed by atoms with Gasteiger partial charge in [0.25, 0.3) is 0 Å². The SMILES string of the molecule is CC(C)c1nc2c([nH]1)C[C@H](C(=O)NC[C@@H]1CCCS1)CC2. The predicted molar refractivity (Wildman–Crippen MR) is 86.7 cm³/mol. The van der Waals surface area contributed by atoms with Gasteiger partial charge < -0.3 is 10.3 Å². The van der Waals surface area contributed by atoms with Crippen molar-refractivity contribution >= 4 is 17.7 Å². The Morgan fingerprint density at radius 1 is 1.48 bits per heavy atom. The lowest BCUT2D eigenvalue weighted by atomic mass is 9.89. The molecule has 2 atom stereocenters. The summed E-state index contributed by atoms with van der Waals surface area (Å²) in [5.74, 6) is 3.07. The zero-order valence-electron chi connectivity index (χ0n) is 12.9. The first-order valence-electron chi connectivity index (χ1n) is 8.10. The minimum atomic E-state index is 0.115. The molecule has 1 aromatic rings. The van der Waals surface area contributed by atoms with Gasteiger partial charge in [-0.05, 0) is 31.4 Å². The number of aromatic nitrogens is 2. The van der Waals surface area contributed by atoms with Crippen LogP contribution in [0.2, 0.25) is 0 Å². The molecule has 5 heteroatoms. The maximum absolute atomic E-state index is 12.4. The minimum absolute atomic E-state index is 0.115. The summed E-state index contributed by atoms with van der Waals surface area (Å²) in [6, 6.07) is 0. The number of fused-ring (bicyclic) bond motifs is 1. The van der Waals surface area contributed by atoms with Crippen molar-refractivity contribution in [2.45, 2.75) is 57.1 Å². The summed E-state index contributed by atoms with van der Waals surface area (Å²) in [5.41, 5.74) is 2.36. The molecule has 2 heterocycles. The number of aryl methyl sites for hydroxylation is 1. The van der Waals surface area contributed by atoms with Crippen LogP contribution in [-0.4, -0.2) is 33.4 Å². The molecule has 116 valence electrons. The molecule has 0 spiro atoms. The molecule has 21 heavy (non-hydrogen) atoms. The smallest absolute Gasteiger partial charge is 0.223 e. The van der Waals surface area contributed by atoms with Crippen molar-refractivity contribution in [3.8, 4) is 0 Å². The molecule has 1 amide bonds. The molecular formula is C16H25N3OS. The molecule has 0 saturated carbocycles. The topological polar surface area (TPSA) is 57.8 Å². The van der Waals surface area contributed by atoms with Crippen LogP contribution in [0.4, 0.5) is 0 Å². The van der Waals surface area contributed by atoms with E-state index in [0.29, 0.717) is 11.2 Å². The molecule has 1 aliphatic carbocycles. The minimum Gasteiger partial charge on any atom is -0.355 e. The summed E-state index contributed by atoms with van der Waals surface area (Å²) >= 11 is 2.00. The van der Waals surface area contributed by atoms with Crippen LogP contribution in [0.3, 0.4) is 0 Å². The number of thioether (sulfide) groups is 1. The highest BCUT2D eigenvalue weighted by atomic mass is 32.2. The summed E-state index contributed by atoms with van der Waals surface area (Å²) < 4.78 is 0. The quantitative estimate of drug-likeness (QED) is 0.899. The molecule has 3 rings (SSSR count). The van der Waals surface area contributed by atoms with Crippen LogP contribution in [0.5, 0.6) is 0 Å². The Kier molecular flexibility index (Phi) is 4.57. The second kappa shape index (κ2) is 6.42. The van der Waals surface area contributed by atoms with E-state index in [1.807, 2.05) is 11.8 Å². The molecular weight excluding hydrogens is 282 g/mol. The first-order valence-corrected chi connectivity index (χ1v) is 9.15. The van der Waals surface area contributed by atoms with Gasteiger partial charge in [0.2, 0.25) is 5.91 Å². The summed E-state index contributed by atoms with van der Waals surface area (Å²) in [7, 11) is 0. The molecule has 0 radical (unpaired) electrons. The molecule has 0 aromatic carbocycles. The lowest BCUT2D eigenvalue weighted by Crippen LogP contribution is -2.37. The van der Waals surface area contributed by atoms with Crippen molar-refractivity contribution in [3.63, 3.8) is 0 Å². The molecule has 2 N–H and O–H groups in total. The first kappa shape index (κ1) is 14.9. The van der Waals surface area contributed by atoms with Crippen LogP contribution in [0.25, 0.3) is 0 Å². The van der Waals surface area contributed by atoms with Crippen molar-refractivity contribution in [2.24, 2.45) is 5.92 Å². The number of carbonyl (C=O) groups excluding carboxylic acids is 1. The number of carbonyl (C=O) groups is 1. The number of hydrogen-bond acceptors (Lipinski definition) is 3. The standard InChI is InChI=1S/C16H25N3OS/c1-10(2)15-18-13-6-5-11(8-14(13)19-15)16(20)17-9-12-4-3-7-21-12/h10-12H,3-9H2,1-2H3,(H,17,20)(H,18,19)/t11-,12+/m1/s1. The van der Waals surface area contributed by atoms with E-state index in [1.54, 1.807) is 0 Å². The van der Waals surface area contributed by atoms with Gasteiger partial charge in [-0.2, -0.15) is 11.8 Å². The van der Waals surface area contributed by atoms with E-state index in [4.69, 9.17) is 0 Å². The number of hydrogen-bond donors (Lipinski definition) is 2. The third kappa shape index (κ3) is 3.44. The third-order valence-corrected chi connectivity index (χ3v) is 5.91. The monoisotopic (exact) mass is 307 g/mol. The fourth-order valence-corrected chi connectivity index (χ4v) is 4.37. The fourth-order valence-electron chi connectivity index (χ4n) is 3.16. The van der Waals surface area contributed by atoms with Gasteiger partial charge in [-0.3, -0.25) is 4.79 Å². The van der Waals surface area contributed by atoms with Crippen molar-refractivity contribution in [1.29, 1.82) is 0 Å². The second-order valence-electron chi connectivity index (χ2n) is 6.52. The zero-order valence-corrected chi connectivity index (χ0v) is 13.8. The van der Waals surface area contributed by atoms with Crippen molar-refractivity contribution in [1.82, 2.24) is 15.3 Å².